The minimum absolute atomic E-state index is 0.129. The molecule has 0 unspecified atom stereocenters. The first-order chi connectivity index (χ1) is 35.7. The molecule has 1 amide bonds. The van der Waals surface area contributed by atoms with Crippen LogP contribution in [0.1, 0.15) is 121 Å². The van der Waals surface area contributed by atoms with Gasteiger partial charge in [0.25, 0.3) is 0 Å². The van der Waals surface area contributed by atoms with Crippen molar-refractivity contribution >= 4 is 30.3 Å². The fraction of sp³-hybridized carbons (Fsp3) is 0.746. The number of carbonyl (C=O) groups excluding carboxylic acids is 5. The van der Waals surface area contributed by atoms with E-state index < -0.39 is 90.3 Å². The van der Waals surface area contributed by atoms with Crippen LogP contribution >= 0.6 is 0 Å². The van der Waals surface area contributed by atoms with E-state index in [1.807, 2.05) is 53.7 Å². The average molecular weight is 1080 g/mol. The van der Waals surface area contributed by atoms with Gasteiger partial charge in [-0.15, -0.1) is 0 Å². The van der Waals surface area contributed by atoms with Crippen LogP contribution in [0.15, 0.2) is 60.4 Å². The van der Waals surface area contributed by atoms with Gasteiger partial charge in [-0.1, -0.05) is 91.0 Å². The highest BCUT2D eigenvalue weighted by atomic mass is 16.6. The van der Waals surface area contributed by atoms with Crippen molar-refractivity contribution in [1.82, 2.24) is 14.7 Å². The summed E-state index contributed by atoms with van der Waals surface area (Å²) in [4.78, 5) is 69.3. The van der Waals surface area contributed by atoms with Gasteiger partial charge in [-0.3, -0.25) is 29.0 Å². The van der Waals surface area contributed by atoms with Crippen LogP contribution < -0.4 is 0 Å². The number of amides is 1. The maximum Gasteiger partial charge on any atom is 0.331 e. The molecular formula is C59H101N3O14. The summed E-state index contributed by atoms with van der Waals surface area (Å²) in [5.41, 5.74) is 1.10. The number of cyclic esters (lactones) is 1. The molecular weight excluding hydrogens is 975 g/mol. The third-order valence-corrected chi connectivity index (χ3v) is 15.2. The lowest BCUT2D eigenvalue weighted by Crippen LogP contribution is -2.44. The number of allylic oxidation sites excluding steroid dienone is 3. The summed E-state index contributed by atoms with van der Waals surface area (Å²) in [7, 11) is 13.6. The molecule has 17 heteroatoms. The van der Waals surface area contributed by atoms with Gasteiger partial charge in [-0.2, -0.15) is 0 Å². The van der Waals surface area contributed by atoms with Gasteiger partial charge in [0.05, 0.1) is 31.0 Å². The molecule has 0 aliphatic carbocycles. The Morgan fingerprint density at radius 3 is 2.12 bits per heavy atom. The van der Waals surface area contributed by atoms with Crippen molar-refractivity contribution in [3.8, 4) is 0 Å². The Kier molecular flexibility index (Phi) is 33.8. The van der Waals surface area contributed by atoms with Gasteiger partial charge in [-0.25, -0.2) is 4.79 Å². The van der Waals surface area contributed by atoms with Crippen molar-refractivity contribution in [2.45, 2.75) is 182 Å². The molecule has 76 heavy (non-hydrogen) atoms. The van der Waals surface area contributed by atoms with E-state index in [0.717, 1.165) is 18.4 Å². The third-order valence-electron chi connectivity index (χ3n) is 15.2. The Balaban J connectivity index is 3.70. The maximum atomic E-state index is 13.6. The van der Waals surface area contributed by atoms with Gasteiger partial charge in [0.1, 0.15) is 36.5 Å². The zero-order valence-electron chi connectivity index (χ0n) is 49.6. The lowest BCUT2D eigenvalue weighted by atomic mass is 9.82. The molecule has 17 nitrogen and oxygen atoms in total. The highest BCUT2D eigenvalue weighted by molar-refractivity contribution is 5.82. The molecule has 0 saturated carbocycles. The molecule has 436 valence electrons. The van der Waals surface area contributed by atoms with Gasteiger partial charge in [-0.05, 0) is 104 Å². The van der Waals surface area contributed by atoms with Crippen LogP contribution in [-0.2, 0) is 57.1 Å². The lowest BCUT2D eigenvalue weighted by molar-refractivity contribution is -0.166. The molecule has 1 rings (SSSR count). The zero-order valence-corrected chi connectivity index (χ0v) is 49.6. The fourth-order valence-electron chi connectivity index (χ4n) is 9.39. The molecule has 1 aliphatic heterocycles. The second-order valence-electron chi connectivity index (χ2n) is 21.9. The number of likely N-dealkylation sites (N-methyl/N-ethyl adjacent to an activating group) is 2. The van der Waals surface area contributed by atoms with Crippen LogP contribution in [0.4, 0.5) is 0 Å². The Hall–Kier alpha value is -4.23. The average Bonchev–Trinajstić information content (AvgIpc) is 3.38. The SMILES string of the molecule is COC[C@@H](C(=O)O[C@@H]1C/C=C/C=C/C(=O)O[C@H]([C@@H](C)[C@@H](O)[C@@H](C)CC[C@@H](OC(=O)[C@H](C)N(C)C)[C@H](C)[C@H](OC(C)=O)[C@H](C)/C=C/N(C)C=O)C/C=C/[C@H](OC)C[C@@H](C)C/C=C(\C)[C@H](OC)CC[C@@H](C)[C@@H](O)[C@@H]1C)N(C)C. The van der Waals surface area contributed by atoms with Gasteiger partial charge >= 0.3 is 23.9 Å². The van der Waals surface area contributed by atoms with E-state index in [4.69, 9.17) is 33.2 Å². The maximum absolute atomic E-state index is 13.6. The van der Waals surface area contributed by atoms with Crippen LogP contribution in [0.5, 0.6) is 0 Å². The van der Waals surface area contributed by atoms with Gasteiger partial charge < -0.3 is 48.3 Å². The highest BCUT2D eigenvalue weighted by Crippen LogP contribution is 2.32. The molecule has 0 bridgehead atoms. The van der Waals surface area contributed by atoms with Crippen molar-refractivity contribution in [3.05, 3.63) is 60.4 Å². The molecule has 17 atom stereocenters. The number of nitrogens with zero attached hydrogens (tertiary/aromatic N) is 3. The van der Waals surface area contributed by atoms with E-state index in [1.54, 1.807) is 96.7 Å². The van der Waals surface area contributed by atoms with E-state index >= 15 is 0 Å². The predicted octanol–water partition coefficient (Wildman–Crippen LogP) is 7.74. The molecule has 1 heterocycles. The quantitative estimate of drug-likeness (QED) is 0.0435. The summed E-state index contributed by atoms with van der Waals surface area (Å²) in [5, 5.41) is 23.8. The van der Waals surface area contributed by atoms with E-state index in [1.165, 1.54) is 25.0 Å². The van der Waals surface area contributed by atoms with E-state index in [9.17, 15) is 34.2 Å². The number of aliphatic hydroxyl groups is 2. The molecule has 0 radical (unpaired) electrons. The molecule has 0 aromatic heterocycles. The number of rotatable bonds is 23. The highest BCUT2D eigenvalue weighted by Gasteiger charge is 2.38. The summed E-state index contributed by atoms with van der Waals surface area (Å²) >= 11 is 0. The van der Waals surface area contributed by atoms with Crippen molar-refractivity contribution in [3.63, 3.8) is 0 Å². The molecule has 0 aromatic rings. The second kappa shape index (κ2) is 36.8. The van der Waals surface area contributed by atoms with Gasteiger partial charge in [0.2, 0.25) is 6.41 Å². The van der Waals surface area contributed by atoms with Crippen LogP contribution in [0.25, 0.3) is 0 Å². The van der Waals surface area contributed by atoms with Crippen molar-refractivity contribution in [1.29, 1.82) is 0 Å². The number of methoxy groups -OCH3 is 3. The van der Waals surface area contributed by atoms with Gasteiger partial charge in [0.15, 0.2) is 0 Å². The molecule has 1 aliphatic rings. The summed E-state index contributed by atoms with van der Waals surface area (Å²) < 4.78 is 41.5. The number of aliphatic hydroxyl groups excluding tert-OH is 2. The zero-order chi connectivity index (χ0) is 57.8. The summed E-state index contributed by atoms with van der Waals surface area (Å²) in [5.74, 6) is -4.21. The largest absolute Gasteiger partial charge is 0.462 e. The third kappa shape index (κ3) is 25.1. The summed E-state index contributed by atoms with van der Waals surface area (Å²) in [6.45, 7) is 18.8. The smallest absolute Gasteiger partial charge is 0.331 e. The standard InChI is InChI=1S/C59H101N3O14/c1-38-27-28-39(2)50(72-18)31-29-40(3)56(67)44(7)52(76-59(69)49(36-70-16)61(13)14)24-20-19-21-26-54(65)74-51(25-22-23-48(35-38)71-17)43(6)55(66)41(4)30-32-53(75-58(68)46(9)60(11)12)45(8)57(73-47(10)64)42(5)33-34-62(15)37-63/h19-23,26,28,33-34,37-38,40-46,48-53,55-57,66-67H,24-25,27,29-32,35-36H2,1-18H3/b20-19+,23-22+,26-21+,34-33+,39-28+/t38-,40+,41-,42+,43+,44+,45-,46-,48-,49-,50+,51-,52+,53+,55-,56+,57+/m0/s1. The second-order valence-corrected chi connectivity index (χ2v) is 21.9. The van der Waals surface area contributed by atoms with Crippen molar-refractivity contribution < 1.29 is 67.3 Å². The van der Waals surface area contributed by atoms with Crippen LogP contribution in [-0.4, -0.2) is 179 Å². The molecule has 0 fully saturated rings. The Morgan fingerprint density at radius 1 is 0.868 bits per heavy atom. The molecule has 0 spiro atoms. The molecule has 0 aromatic carbocycles. The molecule has 2 N–H and O–H groups in total. The van der Waals surface area contributed by atoms with Gasteiger partial charge in [0, 0.05) is 84.1 Å². The van der Waals surface area contributed by atoms with Crippen molar-refractivity contribution in [2.24, 2.45) is 41.4 Å². The number of esters is 4. The van der Waals surface area contributed by atoms with Crippen LogP contribution in [0, 0.1) is 41.4 Å². The van der Waals surface area contributed by atoms with E-state index in [0.29, 0.717) is 32.1 Å². The Morgan fingerprint density at radius 2 is 1.54 bits per heavy atom. The first-order valence-corrected chi connectivity index (χ1v) is 27.3. The summed E-state index contributed by atoms with van der Waals surface area (Å²) in [6, 6.07) is -1.23. The number of hydrogen-bond donors (Lipinski definition) is 2. The number of ether oxygens (including phenoxy) is 7. The normalized spacial score (nSPS) is 28.6. The van der Waals surface area contributed by atoms with Crippen LogP contribution in [0.3, 0.4) is 0 Å². The predicted molar refractivity (Wildman–Crippen MR) is 297 cm³/mol. The topological polar surface area (TPSA) is 200 Å². The van der Waals surface area contributed by atoms with Crippen LogP contribution in [0.2, 0.25) is 0 Å². The monoisotopic (exact) mass is 1080 g/mol. The van der Waals surface area contributed by atoms with E-state index in [2.05, 4.69) is 19.9 Å². The minimum atomic E-state index is -0.973. The Bertz CT molecular complexity index is 1870. The van der Waals surface area contributed by atoms with Crippen molar-refractivity contribution in [2.75, 3.05) is 63.2 Å². The number of carbonyl (C=O) groups is 5. The first-order valence-electron chi connectivity index (χ1n) is 27.3. The van der Waals surface area contributed by atoms with E-state index in [-0.39, 0.29) is 55.3 Å². The Labute approximate surface area is 457 Å². The number of hydrogen-bond acceptors (Lipinski definition) is 16. The lowest BCUT2D eigenvalue weighted by Gasteiger charge is -2.35. The molecule has 0 saturated heterocycles. The first kappa shape index (κ1) is 69.8. The summed E-state index contributed by atoms with van der Waals surface area (Å²) in [6.07, 6.45) is 15.5. The minimum Gasteiger partial charge on any atom is -0.462 e. The fourth-order valence-corrected chi connectivity index (χ4v) is 9.39.